The molecule has 0 bridgehead atoms. The van der Waals surface area contributed by atoms with Gasteiger partial charge in [0.2, 0.25) is 0 Å². The van der Waals surface area contributed by atoms with Gasteiger partial charge in [-0.25, -0.2) is 14.4 Å². The van der Waals surface area contributed by atoms with Gasteiger partial charge in [0, 0.05) is 29.3 Å². The van der Waals surface area contributed by atoms with Crippen LogP contribution in [0, 0.1) is 6.92 Å². The van der Waals surface area contributed by atoms with Gasteiger partial charge in [0.1, 0.15) is 11.6 Å². The molecule has 0 spiro atoms. The van der Waals surface area contributed by atoms with E-state index in [2.05, 4.69) is 16.7 Å². The van der Waals surface area contributed by atoms with Crippen LogP contribution < -0.4 is 5.73 Å². The maximum absolute atomic E-state index is 13.8. The van der Waals surface area contributed by atoms with Crippen molar-refractivity contribution in [1.29, 1.82) is 0 Å². The minimum Gasteiger partial charge on any atom is -0.312 e. The van der Waals surface area contributed by atoms with Gasteiger partial charge in [-0.1, -0.05) is 44.2 Å². The Balaban J connectivity index is 0.000000481. The summed E-state index contributed by atoms with van der Waals surface area (Å²) in [5.74, 6) is 1.19. The fourth-order valence-electron chi connectivity index (χ4n) is 2.88. The van der Waals surface area contributed by atoms with E-state index in [-0.39, 0.29) is 12.2 Å². The topological polar surface area (TPSA) is 69.1 Å². The van der Waals surface area contributed by atoms with E-state index in [1.807, 2.05) is 80.1 Å². The lowest BCUT2D eigenvalue weighted by atomic mass is 10.1. The van der Waals surface area contributed by atoms with Crippen LogP contribution in [0.3, 0.4) is 0 Å². The first-order valence-corrected chi connectivity index (χ1v) is 9.90. The van der Waals surface area contributed by atoms with Gasteiger partial charge in [0.05, 0.1) is 12.2 Å². The number of nitrogens with zero attached hydrogens (tertiary/aromatic N) is 4. The first kappa shape index (κ1) is 22.9. The predicted octanol–water partition coefficient (Wildman–Crippen LogP) is 5.56. The van der Waals surface area contributed by atoms with Crippen LogP contribution in [0.2, 0.25) is 0 Å². The molecule has 0 unspecified atom stereocenters. The van der Waals surface area contributed by atoms with Crippen LogP contribution >= 0.6 is 0 Å². The molecule has 4 rings (SSSR count). The van der Waals surface area contributed by atoms with E-state index in [4.69, 9.17) is 10.7 Å². The molecule has 2 heterocycles. The van der Waals surface area contributed by atoms with Gasteiger partial charge in [-0.3, -0.25) is 4.99 Å². The highest BCUT2D eigenvalue weighted by Crippen LogP contribution is 2.27. The zero-order chi connectivity index (χ0) is 21.9. The lowest BCUT2D eigenvalue weighted by Crippen LogP contribution is -2.05. The number of para-hydroxylation sites is 1. The highest BCUT2D eigenvalue weighted by molar-refractivity contribution is 5.87. The largest absolute Gasteiger partial charge is 0.312 e. The second kappa shape index (κ2) is 11.6. The minimum absolute atomic E-state index is 0.189. The van der Waals surface area contributed by atoms with Crippen LogP contribution in [0.5, 0.6) is 0 Å². The average Bonchev–Trinajstić information content (AvgIpc) is 3.09. The fourth-order valence-corrected chi connectivity index (χ4v) is 2.88. The maximum Gasteiger partial charge on any atom is 0.158 e. The van der Waals surface area contributed by atoms with E-state index in [0.29, 0.717) is 12.5 Å². The number of aliphatic imine (C=N–C) groups is 1. The SMILES string of the molecule is C=NCN.CC.Cc1cccn1-c1nc(C2=CC=CC=C(F)C2)nc2ccccc12. The van der Waals surface area contributed by atoms with E-state index in [1.165, 1.54) is 6.08 Å². The standard InChI is InChI=1S/C20H16FN3.C2H6N2.C2H6/c1-14-7-6-12-24(14)20-17-10-4-5-11-18(17)22-19(23-20)15-8-2-3-9-16(21)13-15;1-4-2-3;1-2/h2-12H,13H2,1H3;1-3H2;1-2H3. The van der Waals surface area contributed by atoms with Crippen molar-refractivity contribution in [3.05, 3.63) is 84.2 Å². The summed E-state index contributed by atoms with van der Waals surface area (Å²) in [6.07, 6.45) is 9.05. The first-order chi connectivity index (χ1) is 14.6. The van der Waals surface area contributed by atoms with Crippen LogP contribution in [0.25, 0.3) is 22.3 Å². The summed E-state index contributed by atoms with van der Waals surface area (Å²) in [6.45, 7) is 9.47. The zero-order valence-electron chi connectivity index (χ0n) is 17.7. The lowest BCUT2D eigenvalue weighted by Gasteiger charge is -2.12. The average molecular weight is 406 g/mol. The summed E-state index contributed by atoms with van der Waals surface area (Å²) in [4.78, 5) is 12.7. The number of hydrogen-bond acceptors (Lipinski definition) is 4. The van der Waals surface area contributed by atoms with Crippen LogP contribution in [0.4, 0.5) is 4.39 Å². The molecule has 2 N–H and O–H groups in total. The summed E-state index contributed by atoms with van der Waals surface area (Å²) >= 11 is 0. The third-order valence-electron chi connectivity index (χ3n) is 4.23. The number of benzene rings is 1. The van der Waals surface area contributed by atoms with Crippen LogP contribution in [0.1, 0.15) is 31.8 Å². The van der Waals surface area contributed by atoms with Gasteiger partial charge >= 0.3 is 0 Å². The molecule has 0 saturated heterocycles. The monoisotopic (exact) mass is 405 g/mol. The molecule has 156 valence electrons. The van der Waals surface area contributed by atoms with Gasteiger partial charge in [0.15, 0.2) is 5.82 Å². The van der Waals surface area contributed by atoms with Crippen molar-refractivity contribution in [2.75, 3.05) is 6.67 Å². The smallest absolute Gasteiger partial charge is 0.158 e. The normalized spacial score (nSPS) is 12.6. The molecule has 0 saturated carbocycles. The summed E-state index contributed by atoms with van der Waals surface area (Å²) in [5, 5.41) is 0.973. The molecule has 30 heavy (non-hydrogen) atoms. The van der Waals surface area contributed by atoms with E-state index >= 15 is 0 Å². The molecule has 0 radical (unpaired) electrons. The van der Waals surface area contributed by atoms with Crippen molar-refractivity contribution >= 4 is 23.2 Å². The number of hydrogen-bond donors (Lipinski definition) is 1. The molecule has 1 aromatic carbocycles. The van der Waals surface area contributed by atoms with Crippen LogP contribution in [-0.4, -0.2) is 27.9 Å². The third-order valence-corrected chi connectivity index (χ3v) is 4.23. The molecule has 0 aliphatic heterocycles. The van der Waals surface area contributed by atoms with E-state index in [9.17, 15) is 4.39 Å². The number of nitrogens with two attached hydrogens (primary N) is 1. The van der Waals surface area contributed by atoms with Gasteiger partial charge in [0.25, 0.3) is 0 Å². The Hall–Kier alpha value is -3.38. The van der Waals surface area contributed by atoms with Crippen molar-refractivity contribution in [2.45, 2.75) is 27.2 Å². The quantitative estimate of drug-likeness (QED) is 0.580. The summed E-state index contributed by atoms with van der Waals surface area (Å²) in [7, 11) is 0. The van der Waals surface area contributed by atoms with Gasteiger partial charge in [-0.05, 0) is 44.0 Å². The number of rotatable bonds is 3. The van der Waals surface area contributed by atoms with Gasteiger partial charge < -0.3 is 10.3 Å². The number of aromatic nitrogens is 3. The maximum atomic E-state index is 13.8. The second-order valence-electron chi connectivity index (χ2n) is 6.18. The first-order valence-electron chi connectivity index (χ1n) is 9.90. The molecule has 0 fully saturated rings. The molecule has 0 amide bonds. The Kier molecular flexibility index (Phi) is 8.84. The summed E-state index contributed by atoms with van der Waals surface area (Å²) in [6, 6.07) is 11.9. The van der Waals surface area contributed by atoms with E-state index in [0.717, 1.165) is 28.0 Å². The van der Waals surface area contributed by atoms with Crippen LogP contribution in [0.15, 0.2) is 77.7 Å². The Morgan fingerprint density at radius 1 is 1.10 bits per heavy atom. The Labute approximate surface area is 177 Å². The fraction of sp³-hybridized carbons (Fsp3) is 0.208. The Bertz CT molecular complexity index is 1080. The van der Waals surface area contributed by atoms with Crippen molar-refractivity contribution in [1.82, 2.24) is 14.5 Å². The molecule has 3 aromatic rings. The molecular weight excluding hydrogens is 377 g/mol. The molecule has 1 aliphatic rings. The molecule has 5 nitrogen and oxygen atoms in total. The number of aryl methyl sites for hydroxylation is 1. The number of fused-ring (bicyclic) bond motifs is 1. The minimum atomic E-state index is -0.189. The highest BCUT2D eigenvalue weighted by atomic mass is 19.1. The predicted molar refractivity (Wildman–Crippen MR) is 124 cm³/mol. The number of halogens is 1. The Morgan fingerprint density at radius 3 is 2.47 bits per heavy atom. The molecule has 1 aliphatic carbocycles. The number of allylic oxidation sites excluding steroid dienone is 6. The molecule has 2 aromatic heterocycles. The molecular formula is C24H28FN5. The van der Waals surface area contributed by atoms with E-state index in [1.54, 1.807) is 6.08 Å². The van der Waals surface area contributed by atoms with Gasteiger partial charge in [-0.2, -0.15) is 0 Å². The van der Waals surface area contributed by atoms with Crippen molar-refractivity contribution in [3.8, 4) is 5.82 Å². The molecule has 0 atom stereocenters. The van der Waals surface area contributed by atoms with Crippen molar-refractivity contribution < 1.29 is 4.39 Å². The van der Waals surface area contributed by atoms with Crippen LogP contribution in [-0.2, 0) is 0 Å². The highest BCUT2D eigenvalue weighted by Gasteiger charge is 2.14. The Morgan fingerprint density at radius 2 is 1.80 bits per heavy atom. The van der Waals surface area contributed by atoms with Gasteiger partial charge in [-0.15, -0.1) is 0 Å². The van der Waals surface area contributed by atoms with Crippen molar-refractivity contribution in [3.63, 3.8) is 0 Å². The zero-order valence-corrected chi connectivity index (χ0v) is 17.7. The van der Waals surface area contributed by atoms with E-state index < -0.39 is 0 Å². The molecule has 6 heteroatoms. The second-order valence-corrected chi connectivity index (χ2v) is 6.18. The summed E-state index contributed by atoms with van der Waals surface area (Å²) in [5.41, 5.74) is 7.51. The lowest BCUT2D eigenvalue weighted by molar-refractivity contribution is 0.621. The summed E-state index contributed by atoms with van der Waals surface area (Å²) < 4.78 is 15.9. The van der Waals surface area contributed by atoms with Crippen molar-refractivity contribution in [2.24, 2.45) is 10.7 Å². The third kappa shape index (κ3) is 5.58.